The number of carbonyl (C=O) groups excluding carboxylic acids is 1. The number of fused-ring (bicyclic) bond motifs is 2. The fourth-order valence-corrected chi connectivity index (χ4v) is 4.11. The zero-order valence-electron chi connectivity index (χ0n) is 17.5. The number of pyridine rings is 1. The summed E-state index contributed by atoms with van der Waals surface area (Å²) in [5.74, 6) is 1.30. The molecule has 166 valence electrons. The summed E-state index contributed by atoms with van der Waals surface area (Å²) in [5, 5.41) is 15.1. The third-order valence-corrected chi connectivity index (χ3v) is 5.81. The minimum atomic E-state index is -0.748. The molecule has 4 aromatic rings. The van der Waals surface area contributed by atoms with Crippen molar-refractivity contribution in [2.45, 2.75) is 6.04 Å². The highest BCUT2D eigenvalue weighted by Crippen LogP contribution is 2.41. The number of amides is 1. The molecule has 3 aromatic carbocycles. The number of aromatic nitrogens is 1. The molecule has 0 aliphatic carbocycles. The molecule has 0 saturated heterocycles. The third kappa shape index (κ3) is 3.87. The van der Waals surface area contributed by atoms with Crippen molar-refractivity contribution in [2.75, 3.05) is 13.9 Å². The van der Waals surface area contributed by atoms with Crippen LogP contribution in [0.15, 0.2) is 66.9 Å². The summed E-state index contributed by atoms with van der Waals surface area (Å²) in [4.78, 5) is 17.5. The Labute approximate surface area is 194 Å². The quantitative estimate of drug-likeness (QED) is 0.440. The predicted molar refractivity (Wildman–Crippen MR) is 123 cm³/mol. The average molecular weight is 463 g/mol. The maximum absolute atomic E-state index is 13.2. The Morgan fingerprint density at radius 2 is 1.97 bits per heavy atom. The van der Waals surface area contributed by atoms with Gasteiger partial charge in [0.2, 0.25) is 6.79 Å². The van der Waals surface area contributed by atoms with Crippen molar-refractivity contribution in [3.05, 3.63) is 88.6 Å². The SMILES string of the molecule is COc1cccc(C(=O)NC(c2ccc3c(c2)OCO3)c2cc(Cl)c3cccnc3c2O)c1. The molecule has 1 aliphatic rings. The van der Waals surface area contributed by atoms with E-state index in [4.69, 9.17) is 25.8 Å². The second kappa shape index (κ2) is 8.52. The number of hydrogen-bond donors (Lipinski definition) is 2. The molecular formula is C25H19ClN2O5. The Kier molecular flexibility index (Phi) is 5.40. The van der Waals surface area contributed by atoms with Crippen molar-refractivity contribution < 1.29 is 24.1 Å². The van der Waals surface area contributed by atoms with Gasteiger partial charge in [0.25, 0.3) is 5.91 Å². The number of methoxy groups -OCH3 is 1. The summed E-state index contributed by atoms with van der Waals surface area (Å²) in [7, 11) is 1.54. The number of nitrogens with one attached hydrogen (secondary N) is 1. The lowest BCUT2D eigenvalue weighted by Crippen LogP contribution is -2.29. The lowest BCUT2D eigenvalue weighted by molar-refractivity contribution is 0.0942. The van der Waals surface area contributed by atoms with Crippen molar-refractivity contribution in [2.24, 2.45) is 0 Å². The lowest BCUT2D eigenvalue weighted by atomic mass is 9.95. The Hall–Kier alpha value is -3.97. The highest BCUT2D eigenvalue weighted by Gasteiger charge is 2.26. The normalized spacial score (nSPS) is 13.0. The highest BCUT2D eigenvalue weighted by molar-refractivity contribution is 6.35. The van der Waals surface area contributed by atoms with E-state index in [1.54, 1.807) is 66.9 Å². The van der Waals surface area contributed by atoms with Gasteiger partial charge >= 0.3 is 0 Å². The first-order valence-corrected chi connectivity index (χ1v) is 10.5. The van der Waals surface area contributed by atoms with E-state index in [9.17, 15) is 9.90 Å². The van der Waals surface area contributed by atoms with Crippen molar-refractivity contribution in [3.8, 4) is 23.0 Å². The van der Waals surface area contributed by atoms with Gasteiger partial charge in [0.15, 0.2) is 11.5 Å². The van der Waals surface area contributed by atoms with Gasteiger partial charge in [-0.05, 0) is 54.1 Å². The molecule has 1 unspecified atom stereocenters. The maximum atomic E-state index is 13.2. The van der Waals surface area contributed by atoms with Crippen molar-refractivity contribution in [3.63, 3.8) is 0 Å². The second-order valence-electron chi connectivity index (χ2n) is 7.45. The smallest absolute Gasteiger partial charge is 0.252 e. The van der Waals surface area contributed by atoms with E-state index in [0.717, 1.165) is 0 Å². The van der Waals surface area contributed by atoms with E-state index in [-0.39, 0.29) is 18.4 Å². The minimum absolute atomic E-state index is 0.0661. The molecule has 5 rings (SSSR count). The first kappa shape index (κ1) is 20.9. The molecule has 0 saturated carbocycles. The van der Waals surface area contributed by atoms with E-state index in [1.165, 1.54) is 7.11 Å². The number of hydrogen-bond acceptors (Lipinski definition) is 6. The molecule has 0 radical (unpaired) electrons. The van der Waals surface area contributed by atoms with Gasteiger partial charge in [-0.15, -0.1) is 0 Å². The molecule has 1 atom stereocenters. The van der Waals surface area contributed by atoms with Crippen LogP contribution >= 0.6 is 11.6 Å². The zero-order chi connectivity index (χ0) is 22.9. The van der Waals surface area contributed by atoms with E-state index >= 15 is 0 Å². The number of phenols is 1. The number of phenolic OH excluding ortho intramolecular Hbond substituents is 1. The number of nitrogens with zero attached hydrogens (tertiary/aromatic N) is 1. The Morgan fingerprint density at radius 1 is 1.12 bits per heavy atom. The van der Waals surface area contributed by atoms with Gasteiger partial charge in [-0.3, -0.25) is 9.78 Å². The molecule has 1 aliphatic heterocycles. The molecule has 7 nitrogen and oxygen atoms in total. The Morgan fingerprint density at radius 3 is 2.82 bits per heavy atom. The van der Waals surface area contributed by atoms with Crippen LogP contribution in [0.3, 0.4) is 0 Å². The molecule has 0 bridgehead atoms. The van der Waals surface area contributed by atoms with Gasteiger partial charge in [0.1, 0.15) is 17.0 Å². The van der Waals surface area contributed by atoms with E-state index in [2.05, 4.69) is 10.3 Å². The first-order valence-electron chi connectivity index (χ1n) is 10.2. The topological polar surface area (TPSA) is 89.9 Å². The van der Waals surface area contributed by atoms with E-state index < -0.39 is 6.04 Å². The number of rotatable bonds is 5. The molecule has 0 spiro atoms. The van der Waals surface area contributed by atoms with Crippen molar-refractivity contribution >= 4 is 28.4 Å². The standard InChI is InChI=1S/C25H19ClN2O5/c1-31-16-5-2-4-15(10-16)25(30)28-22(14-7-8-20-21(11-14)33-13-32-20)18-12-19(26)17-6-3-9-27-23(17)24(18)29/h2-12,22,29H,13H2,1H3,(H,28,30). The summed E-state index contributed by atoms with van der Waals surface area (Å²) >= 11 is 6.53. The van der Waals surface area contributed by atoms with Crippen LogP contribution in [0.2, 0.25) is 5.02 Å². The molecule has 0 fully saturated rings. The van der Waals surface area contributed by atoms with Gasteiger partial charge in [-0.2, -0.15) is 0 Å². The van der Waals surface area contributed by atoms with Crippen LogP contribution in [-0.4, -0.2) is 29.9 Å². The lowest BCUT2D eigenvalue weighted by Gasteiger charge is -2.22. The molecule has 2 heterocycles. The van der Waals surface area contributed by atoms with Crippen LogP contribution in [-0.2, 0) is 0 Å². The fraction of sp³-hybridized carbons (Fsp3) is 0.120. The zero-order valence-corrected chi connectivity index (χ0v) is 18.3. The Bertz CT molecular complexity index is 1370. The first-order chi connectivity index (χ1) is 16.0. The fourth-order valence-electron chi connectivity index (χ4n) is 3.84. The van der Waals surface area contributed by atoms with Crippen molar-refractivity contribution in [1.29, 1.82) is 0 Å². The van der Waals surface area contributed by atoms with Crippen LogP contribution in [0.25, 0.3) is 10.9 Å². The second-order valence-corrected chi connectivity index (χ2v) is 7.85. The molecule has 8 heteroatoms. The number of aromatic hydroxyl groups is 1. The van der Waals surface area contributed by atoms with Crippen LogP contribution in [0, 0.1) is 0 Å². The molecule has 1 aromatic heterocycles. The largest absolute Gasteiger partial charge is 0.505 e. The third-order valence-electron chi connectivity index (χ3n) is 5.49. The van der Waals surface area contributed by atoms with Crippen LogP contribution in [0.4, 0.5) is 0 Å². The van der Waals surface area contributed by atoms with Crippen LogP contribution in [0.1, 0.15) is 27.5 Å². The van der Waals surface area contributed by atoms with Gasteiger partial charge in [-0.1, -0.05) is 23.7 Å². The molecular weight excluding hydrogens is 444 g/mol. The summed E-state index contributed by atoms with van der Waals surface area (Å²) in [6, 6.07) is 16.6. The number of benzene rings is 3. The summed E-state index contributed by atoms with van der Waals surface area (Å²) in [5.41, 5.74) is 1.84. The number of ether oxygens (including phenoxy) is 3. The number of halogens is 1. The van der Waals surface area contributed by atoms with E-state index in [1.807, 2.05) is 0 Å². The average Bonchev–Trinajstić information content (AvgIpc) is 3.33. The van der Waals surface area contributed by atoms with Gasteiger partial charge in [0.05, 0.1) is 18.2 Å². The monoisotopic (exact) mass is 462 g/mol. The summed E-state index contributed by atoms with van der Waals surface area (Å²) in [6.07, 6.45) is 1.58. The van der Waals surface area contributed by atoms with Gasteiger partial charge in [0, 0.05) is 22.7 Å². The predicted octanol–water partition coefficient (Wildman–Crippen LogP) is 4.85. The van der Waals surface area contributed by atoms with Crippen molar-refractivity contribution in [1.82, 2.24) is 10.3 Å². The summed E-state index contributed by atoms with van der Waals surface area (Å²) in [6.45, 7) is 0.122. The van der Waals surface area contributed by atoms with Gasteiger partial charge < -0.3 is 24.6 Å². The summed E-state index contributed by atoms with van der Waals surface area (Å²) < 4.78 is 16.2. The highest BCUT2D eigenvalue weighted by atomic mass is 35.5. The minimum Gasteiger partial charge on any atom is -0.505 e. The van der Waals surface area contributed by atoms with Crippen LogP contribution < -0.4 is 19.5 Å². The molecule has 1 amide bonds. The maximum Gasteiger partial charge on any atom is 0.252 e. The molecule has 33 heavy (non-hydrogen) atoms. The van der Waals surface area contributed by atoms with Crippen LogP contribution in [0.5, 0.6) is 23.0 Å². The Balaban J connectivity index is 1.62. The van der Waals surface area contributed by atoms with E-state index in [0.29, 0.717) is 49.9 Å². The molecule has 2 N–H and O–H groups in total. The van der Waals surface area contributed by atoms with Gasteiger partial charge in [-0.25, -0.2) is 0 Å². The number of carbonyl (C=O) groups is 1.